The Kier molecular flexibility index (Phi) is 6.65. The van der Waals surface area contributed by atoms with Crippen LogP contribution in [-0.2, 0) is 9.53 Å². The Morgan fingerprint density at radius 3 is 2.38 bits per heavy atom. The van der Waals surface area contributed by atoms with E-state index in [0.717, 1.165) is 6.42 Å². The van der Waals surface area contributed by atoms with Gasteiger partial charge in [-0.2, -0.15) is 0 Å². The summed E-state index contributed by atoms with van der Waals surface area (Å²) < 4.78 is 4.96. The highest BCUT2D eigenvalue weighted by Gasteiger charge is 2.30. The van der Waals surface area contributed by atoms with E-state index in [2.05, 4.69) is 6.92 Å². The molecule has 0 heterocycles. The van der Waals surface area contributed by atoms with E-state index in [-0.39, 0.29) is 11.9 Å². The Balaban J connectivity index is 0.000000671. The van der Waals surface area contributed by atoms with Crippen LogP contribution in [0, 0.1) is 11.8 Å². The van der Waals surface area contributed by atoms with Gasteiger partial charge in [0, 0.05) is 0 Å². The summed E-state index contributed by atoms with van der Waals surface area (Å²) in [7, 11) is 0. The van der Waals surface area contributed by atoms with Gasteiger partial charge < -0.3 is 4.74 Å². The highest BCUT2D eigenvalue weighted by atomic mass is 16.5. The number of esters is 1. The average Bonchev–Trinajstić information content (AvgIpc) is 2.55. The smallest absolute Gasteiger partial charge is 0.309 e. The summed E-state index contributed by atoms with van der Waals surface area (Å²) in [4.78, 5) is 11.2. The average molecular weight is 186 g/mol. The van der Waals surface area contributed by atoms with Crippen LogP contribution in [0.4, 0.5) is 0 Å². The Labute approximate surface area is 81.7 Å². The lowest BCUT2D eigenvalue weighted by molar-refractivity contribution is -0.149. The van der Waals surface area contributed by atoms with Crippen molar-refractivity contribution in [2.45, 2.75) is 47.0 Å². The van der Waals surface area contributed by atoms with Crippen molar-refractivity contribution in [2.24, 2.45) is 11.8 Å². The van der Waals surface area contributed by atoms with Crippen LogP contribution < -0.4 is 0 Å². The third-order valence-corrected chi connectivity index (χ3v) is 2.45. The van der Waals surface area contributed by atoms with Crippen LogP contribution in [0.3, 0.4) is 0 Å². The Bertz CT molecular complexity index is 143. The highest BCUT2D eigenvalue weighted by molar-refractivity contribution is 5.73. The lowest BCUT2D eigenvalue weighted by Crippen LogP contribution is -2.19. The molecule has 1 saturated carbocycles. The van der Waals surface area contributed by atoms with Crippen molar-refractivity contribution in [1.29, 1.82) is 0 Å². The standard InChI is InChI=1S/C9H16O2.C2H6/c1-3-11-9(10)8-6-4-5-7(8)2;1-2/h7-8H,3-6H2,1-2H3;1-2H3. The van der Waals surface area contributed by atoms with E-state index < -0.39 is 0 Å². The van der Waals surface area contributed by atoms with Crippen molar-refractivity contribution in [3.63, 3.8) is 0 Å². The number of hydrogen-bond acceptors (Lipinski definition) is 2. The first-order valence-corrected chi connectivity index (χ1v) is 5.42. The Morgan fingerprint density at radius 2 is 2.00 bits per heavy atom. The molecule has 0 aromatic heterocycles. The molecule has 78 valence electrons. The van der Waals surface area contributed by atoms with E-state index in [1.54, 1.807) is 0 Å². The topological polar surface area (TPSA) is 26.3 Å². The predicted octanol–water partition coefficient (Wildman–Crippen LogP) is 3.01. The molecule has 0 amide bonds. The first kappa shape index (κ1) is 12.5. The van der Waals surface area contributed by atoms with Gasteiger partial charge in [0.15, 0.2) is 0 Å². The van der Waals surface area contributed by atoms with Gasteiger partial charge in [-0.15, -0.1) is 0 Å². The molecule has 2 nitrogen and oxygen atoms in total. The summed E-state index contributed by atoms with van der Waals surface area (Å²) in [6, 6.07) is 0. The first-order valence-electron chi connectivity index (χ1n) is 5.42. The Hall–Kier alpha value is -0.530. The fraction of sp³-hybridized carbons (Fsp3) is 0.909. The summed E-state index contributed by atoms with van der Waals surface area (Å²) >= 11 is 0. The summed E-state index contributed by atoms with van der Waals surface area (Å²) in [6.45, 7) is 8.51. The molecule has 13 heavy (non-hydrogen) atoms. The summed E-state index contributed by atoms with van der Waals surface area (Å²) in [5, 5.41) is 0. The monoisotopic (exact) mass is 186 g/mol. The lowest BCUT2D eigenvalue weighted by atomic mass is 9.99. The molecular formula is C11H22O2. The molecule has 2 unspecified atom stereocenters. The predicted molar refractivity (Wildman–Crippen MR) is 54.5 cm³/mol. The van der Waals surface area contributed by atoms with E-state index >= 15 is 0 Å². The van der Waals surface area contributed by atoms with Crippen molar-refractivity contribution in [2.75, 3.05) is 6.61 Å². The molecule has 1 fully saturated rings. The van der Waals surface area contributed by atoms with Gasteiger partial charge in [-0.3, -0.25) is 4.79 Å². The fourth-order valence-corrected chi connectivity index (χ4v) is 1.74. The lowest BCUT2D eigenvalue weighted by Gasteiger charge is -2.12. The van der Waals surface area contributed by atoms with Gasteiger partial charge in [0.05, 0.1) is 12.5 Å². The molecule has 2 atom stereocenters. The molecule has 0 radical (unpaired) electrons. The van der Waals surface area contributed by atoms with Gasteiger partial charge in [0.1, 0.15) is 0 Å². The van der Waals surface area contributed by atoms with Crippen LogP contribution >= 0.6 is 0 Å². The van der Waals surface area contributed by atoms with Gasteiger partial charge in [0.2, 0.25) is 0 Å². The number of hydrogen-bond donors (Lipinski definition) is 0. The molecule has 0 N–H and O–H groups in total. The molecule has 0 bridgehead atoms. The normalized spacial score (nSPS) is 26.2. The van der Waals surface area contributed by atoms with Crippen LogP contribution in [0.1, 0.15) is 47.0 Å². The maximum atomic E-state index is 11.2. The van der Waals surface area contributed by atoms with Gasteiger partial charge in [-0.1, -0.05) is 27.2 Å². The van der Waals surface area contributed by atoms with Crippen molar-refractivity contribution >= 4 is 5.97 Å². The van der Waals surface area contributed by atoms with E-state index in [4.69, 9.17) is 4.74 Å². The molecule has 0 aliphatic heterocycles. The maximum Gasteiger partial charge on any atom is 0.309 e. The second-order valence-electron chi connectivity index (χ2n) is 3.27. The number of ether oxygens (including phenoxy) is 1. The molecule has 1 rings (SSSR count). The largest absolute Gasteiger partial charge is 0.466 e. The second kappa shape index (κ2) is 6.93. The molecular weight excluding hydrogens is 164 g/mol. The molecule has 0 spiro atoms. The van der Waals surface area contributed by atoms with E-state index in [0.29, 0.717) is 12.5 Å². The molecule has 0 aromatic carbocycles. The molecule has 1 aliphatic rings. The van der Waals surface area contributed by atoms with Gasteiger partial charge in [0.25, 0.3) is 0 Å². The van der Waals surface area contributed by atoms with E-state index in [1.165, 1.54) is 12.8 Å². The van der Waals surface area contributed by atoms with Crippen LogP contribution in [0.2, 0.25) is 0 Å². The summed E-state index contributed by atoms with van der Waals surface area (Å²) in [5.41, 5.74) is 0. The zero-order valence-corrected chi connectivity index (χ0v) is 9.30. The van der Waals surface area contributed by atoms with E-state index in [1.807, 2.05) is 20.8 Å². The molecule has 0 saturated heterocycles. The van der Waals surface area contributed by atoms with Crippen molar-refractivity contribution < 1.29 is 9.53 Å². The fourth-order valence-electron chi connectivity index (χ4n) is 1.74. The zero-order valence-electron chi connectivity index (χ0n) is 9.30. The van der Waals surface area contributed by atoms with Crippen molar-refractivity contribution in [3.05, 3.63) is 0 Å². The minimum absolute atomic E-state index is 0.0116. The summed E-state index contributed by atoms with van der Waals surface area (Å²) in [5.74, 6) is 0.737. The molecule has 1 aliphatic carbocycles. The Morgan fingerprint density at radius 1 is 1.38 bits per heavy atom. The second-order valence-corrected chi connectivity index (χ2v) is 3.27. The zero-order chi connectivity index (χ0) is 10.3. The summed E-state index contributed by atoms with van der Waals surface area (Å²) in [6.07, 6.45) is 3.40. The van der Waals surface area contributed by atoms with Crippen molar-refractivity contribution in [1.82, 2.24) is 0 Å². The SMILES string of the molecule is CC.CCOC(=O)C1CCCC1C. The van der Waals surface area contributed by atoms with Crippen LogP contribution in [0.15, 0.2) is 0 Å². The minimum atomic E-state index is 0.0116. The van der Waals surface area contributed by atoms with E-state index in [9.17, 15) is 4.79 Å². The van der Waals surface area contributed by atoms with Gasteiger partial charge in [-0.25, -0.2) is 0 Å². The van der Waals surface area contributed by atoms with Crippen LogP contribution in [0.5, 0.6) is 0 Å². The first-order chi connectivity index (χ1) is 6.25. The molecule has 2 heteroatoms. The quantitative estimate of drug-likeness (QED) is 0.620. The third-order valence-electron chi connectivity index (χ3n) is 2.45. The number of carbonyl (C=O) groups is 1. The maximum absolute atomic E-state index is 11.2. The minimum Gasteiger partial charge on any atom is -0.466 e. The molecule has 0 aromatic rings. The van der Waals surface area contributed by atoms with Crippen molar-refractivity contribution in [3.8, 4) is 0 Å². The number of rotatable bonds is 2. The number of carbonyl (C=O) groups excluding carboxylic acids is 1. The van der Waals surface area contributed by atoms with Gasteiger partial charge in [-0.05, 0) is 25.7 Å². The van der Waals surface area contributed by atoms with Gasteiger partial charge >= 0.3 is 5.97 Å². The van der Waals surface area contributed by atoms with Crippen LogP contribution in [0.25, 0.3) is 0 Å². The highest BCUT2D eigenvalue weighted by Crippen LogP contribution is 2.31. The third kappa shape index (κ3) is 3.79. The van der Waals surface area contributed by atoms with Crippen LogP contribution in [-0.4, -0.2) is 12.6 Å².